The molecular weight excluding hydrogens is 272 g/mol. The summed E-state index contributed by atoms with van der Waals surface area (Å²) in [7, 11) is 1.48. The van der Waals surface area contributed by atoms with Crippen molar-refractivity contribution in [2.75, 3.05) is 18.2 Å². The molecule has 3 N–H and O–H groups in total. The van der Waals surface area contributed by atoms with E-state index in [0.717, 1.165) is 11.3 Å². The zero-order valence-corrected chi connectivity index (χ0v) is 11.4. The second kappa shape index (κ2) is 5.28. The maximum atomic E-state index is 11.3. The SMILES string of the molecule is COc1c(N)ncnc1Oc1ccc2c(c1)CCC(=O)N2. The first-order valence-corrected chi connectivity index (χ1v) is 6.42. The molecule has 0 unspecified atom stereocenters. The molecule has 7 nitrogen and oxygen atoms in total. The number of aromatic nitrogens is 2. The smallest absolute Gasteiger partial charge is 0.268 e. The lowest BCUT2D eigenvalue weighted by molar-refractivity contribution is -0.116. The Hall–Kier alpha value is -2.83. The van der Waals surface area contributed by atoms with Crippen molar-refractivity contribution >= 4 is 17.4 Å². The van der Waals surface area contributed by atoms with Crippen LogP contribution in [0.25, 0.3) is 0 Å². The van der Waals surface area contributed by atoms with E-state index in [9.17, 15) is 4.79 Å². The van der Waals surface area contributed by atoms with Crippen LogP contribution in [0, 0.1) is 0 Å². The molecule has 0 aliphatic carbocycles. The lowest BCUT2D eigenvalue weighted by Gasteiger charge is -2.17. The van der Waals surface area contributed by atoms with Gasteiger partial charge in [0.15, 0.2) is 5.82 Å². The van der Waals surface area contributed by atoms with Gasteiger partial charge in [-0.3, -0.25) is 4.79 Å². The van der Waals surface area contributed by atoms with Crippen LogP contribution in [-0.4, -0.2) is 23.0 Å². The third-order valence-corrected chi connectivity index (χ3v) is 3.19. The van der Waals surface area contributed by atoms with E-state index in [1.54, 1.807) is 12.1 Å². The molecular formula is C14H14N4O3. The fourth-order valence-corrected chi connectivity index (χ4v) is 2.17. The highest BCUT2D eigenvalue weighted by Crippen LogP contribution is 2.34. The van der Waals surface area contributed by atoms with Crippen LogP contribution in [0.4, 0.5) is 11.5 Å². The first kappa shape index (κ1) is 13.2. The lowest BCUT2D eigenvalue weighted by Crippen LogP contribution is -2.18. The summed E-state index contributed by atoms with van der Waals surface area (Å²) < 4.78 is 10.8. The molecule has 3 rings (SSSR count). The van der Waals surface area contributed by atoms with Gasteiger partial charge in [0.1, 0.15) is 12.1 Å². The van der Waals surface area contributed by atoms with E-state index in [4.69, 9.17) is 15.2 Å². The summed E-state index contributed by atoms with van der Waals surface area (Å²) >= 11 is 0. The first-order chi connectivity index (χ1) is 10.2. The number of methoxy groups -OCH3 is 1. The number of ether oxygens (including phenoxy) is 2. The van der Waals surface area contributed by atoms with Crippen molar-refractivity contribution in [2.24, 2.45) is 0 Å². The number of carbonyl (C=O) groups excluding carboxylic acids is 1. The average molecular weight is 286 g/mol. The fourth-order valence-electron chi connectivity index (χ4n) is 2.17. The Kier molecular flexibility index (Phi) is 3.31. The molecule has 1 aliphatic rings. The molecule has 0 saturated carbocycles. The number of nitrogens with two attached hydrogens (primary N) is 1. The molecule has 2 heterocycles. The summed E-state index contributed by atoms with van der Waals surface area (Å²) in [6.45, 7) is 0. The highest BCUT2D eigenvalue weighted by Gasteiger charge is 2.17. The minimum Gasteiger partial charge on any atom is -0.489 e. The molecule has 1 aliphatic heterocycles. The summed E-state index contributed by atoms with van der Waals surface area (Å²) in [6.07, 6.45) is 2.47. The number of nitrogens with zero attached hydrogens (tertiary/aromatic N) is 2. The van der Waals surface area contributed by atoms with E-state index in [2.05, 4.69) is 15.3 Å². The van der Waals surface area contributed by atoms with E-state index in [1.807, 2.05) is 6.07 Å². The van der Waals surface area contributed by atoms with E-state index >= 15 is 0 Å². The molecule has 0 radical (unpaired) electrons. The van der Waals surface area contributed by atoms with Gasteiger partial charge >= 0.3 is 0 Å². The molecule has 21 heavy (non-hydrogen) atoms. The zero-order valence-electron chi connectivity index (χ0n) is 11.4. The van der Waals surface area contributed by atoms with E-state index < -0.39 is 0 Å². The van der Waals surface area contributed by atoms with Crippen LogP contribution in [0.15, 0.2) is 24.5 Å². The number of fused-ring (bicyclic) bond motifs is 1. The minimum atomic E-state index is 0.0291. The van der Waals surface area contributed by atoms with Crippen molar-refractivity contribution in [1.82, 2.24) is 9.97 Å². The molecule has 1 aromatic carbocycles. The number of nitrogen functional groups attached to an aromatic ring is 1. The quantitative estimate of drug-likeness (QED) is 0.891. The van der Waals surface area contributed by atoms with Crippen LogP contribution in [0.1, 0.15) is 12.0 Å². The Morgan fingerprint density at radius 3 is 2.95 bits per heavy atom. The van der Waals surface area contributed by atoms with Gasteiger partial charge < -0.3 is 20.5 Å². The zero-order chi connectivity index (χ0) is 14.8. The molecule has 1 amide bonds. The lowest BCUT2D eigenvalue weighted by atomic mass is 10.0. The monoisotopic (exact) mass is 286 g/mol. The van der Waals surface area contributed by atoms with E-state index in [0.29, 0.717) is 24.3 Å². The number of hydrogen-bond acceptors (Lipinski definition) is 6. The molecule has 0 spiro atoms. The van der Waals surface area contributed by atoms with Crippen LogP contribution in [0.5, 0.6) is 17.4 Å². The van der Waals surface area contributed by atoms with Gasteiger partial charge in [-0.15, -0.1) is 0 Å². The first-order valence-electron chi connectivity index (χ1n) is 6.42. The van der Waals surface area contributed by atoms with Gasteiger partial charge in [-0.05, 0) is 30.2 Å². The second-order valence-electron chi connectivity index (χ2n) is 4.57. The maximum Gasteiger partial charge on any atom is 0.268 e. The van der Waals surface area contributed by atoms with Crippen molar-refractivity contribution in [1.29, 1.82) is 0 Å². The van der Waals surface area contributed by atoms with E-state index in [1.165, 1.54) is 13.4 Å². The van der Waals surface area contributed by atoms with Crippen molar-refractivity contribution < 1.29 is 14.3 Å². The summed E-state index contributed by atoms with van der Waals surface area (Å²) in [5.41, 5.74) is 7.54. The van der Waals surface area contributed by atoms with Crippen molar-refractivity contribution in [3.8, 4) is 17.4 Å². The Balaban J connectivity index is 1.89. The van der Waals surface area contributed by atoms with Gasteiger partial charge in [-0.25, -0.2) is 4.98 Å². The molecule has 0 atom stereocenters. The molecule has 0 bridgehead atoms. The molecule has 7 heteroatoms. The van der Waals surface area contributed by atoms with Gasteiger partial charge in [-0.2, -0.15) is 4.98 Å². The Morgan fingerprint density at radius 2 is 2.14 bits per heavy atom. The van der Waals surface area contributed by atoms with Gasteiger partial charge in [0.05, 0.1) is 7.11 Å². The number of aryl methyl sites for hydroxylation is 1. The maximum absolute atomic E-state index is 11.3. The highest BCUT2D eigenvalue weighted by molar-refractivity contribution is 5.94. The number of nitrogens with one attached hydrogen (secondary N) is 1. The number of carbonyl (C=O) groups is 1. The average Bonchev–Trinajstić information content (AvgIpc) is 2.48. The largest absolute Gasteiger partial charge is 0.489 e. The van der Waals surface area contributed by atoms with Gasteiger partial charge in [-0.1, -0.05) is 0 Å². The third-order valence-electron chi connectivity index (χ3n) is 3.19. The topological polar surface area (TPSA) is 99.4 Å². The standard InChI is InChI=1S/C14H14N4O3/c1-20-12-13(15)16-7-17-14(12)21-9-3-4-10-8(6-9)2-5-11(19)18-10/h3-4,6-7H,2,5H2,1H3,(H,18,19)(H2,15,16,17). The summed E-state index contributed by atoms with van der Waals surface area (Å²) in [4.78, 5) is 19.2. The number of rotatable bonds is 3. The molecule has 0 fully saturated rings. The summed E-state index contributed by atoms with van der Waals surface area (Å²) in [5, 5.41) is 2.82. The van der Waals surface area contributed by atoms with Gasteiger partial charge in [0.25, 0.3) is 5.88 Å². The highest BCUT2D eigenvalue weighted by atomic mass is 16.5. The van der Waals surface area contributed by atoms with Crippen molar-refractivity contribution in [3.63, 3.8) is 0 Å². The predicted octanol–water partition coefficient (Wildman–Crippen LogP) is 1.74. The van der Waals surface area contributed by atoms with Crippen LogP contribution in [0.3, 0.4) is 0 Å². The van der Waals surface area contributed by atoms with Crippen LogP contribution in [0.2, 0.25) is 0 Å². The second-order valence-corrected chi connectivity index (χ2v) is 4.57. The van der Waals surface area contributed by atoms with Crippen molar-refractivity contribution in [3.05, 3.63) is 30.1 Å². The summed E-state index contributed by atoms with van der Waals surface area (Å²) in [6, 6.07) is 5.42. The van der Waals surface area contributed by atoms with Crippen molar-refractivity contribution in [2.45, 2.75) is 12.8 Å². The number of hydrogen-bond donors (Lipinski definition) is 2. The summed E-state index contributed by atoms with van der Waals surface area (Å²) in [5.74, 6) is 1.39. The van der Waals surface area contributed by atoms with Crippen LogP contribution >= 0.6 is 0 Å². The number of amides is 1. The normalized spacial score (nSPS) is 13.3. The minimum absolute atomic E-state index is 0.0291. The third kappa shape index (κ3) is 2.58. The van der Waals surface area contributed by atoms with E-state index in [-0.39, 0.29) is 17.6 Å². The Bertz CT molecular complexity index is 703. The Morgan fingerprint density at radius 1 is 1.29 bits per heavy atom. The predicted molar refractivity (Wildman–Crippen MR) is 76.5 cm³/mol. The van der Waals surface area contributed by atoms with Crippen LogP contribution < -0.4 is 20.5 Å². The van der Waals surface area contributed by atoms with Crippen LogP contribution in [-0.2, 0) is 11.2 Å². The van der Waals surface area contributed by atoms with Gasteiger partial charge in [0.2, 0.25) is 11.7 Å². The molecule has 1 aromatic heterocycles. The molecule has 2 aromatic rings. The fraction of sp³-hybridized carbons (Fsp3) is 0.214. The number of anilines is 2. The number of benzene rings is 1. The molecule has 108 valence electrons. The van der Waals surface area contributed by atoms with Gasteiger partial charge in [0, 0.05) is 12.1 Å². The Labute approximate surface area is 121 Å². The molecule has 0 saturated heterocycles.